The number of fused-ring (bicyclic) bond motifs is 2. The molecule has 8 nitrogen and oxygen atoms in total. The van der Waals surface area contributed by atoms with Crippen molar-refractivity contribution in [3.8, 4) is 5.75 Å². The zero-order chi connectivity index (χ0) is 21.6. The minimum Gasteiger partial charge on any atom is -0.506 e. The Morgan fingerprint density at radius 3 is 2.52 bits per heavy atom. The Labute approximate surface area is 178 Å². The molecule has 0 saturated carbocycles. The van der Waals surface area contributed by atoms with Gasteiger partial charge in [0.2, 0.25) is 0 Å². The highest BCUT2D eigenvalue weighted by atomic mass is 32.3. The lowest BCUT2D eigenvalue weighted by molar-refractivity contribution is 0.477. The van der Waals surface area contributed by atoms with Crippen molar-refractivity contribution in [3.63, 3.8) is 0 Å². The van der Waals surface area contributed by atoms with E-state index in [9.17, 15) is 19.0 Å². The zero-order valence-electron chi connectivity index (χ0n) is 16.1. The zero-order valence-corrected chi connectivity index (χ0v) is 17.0. The fourth-order valence-corrected chi connectivity index (χ4v) is 4.80. The third-order valence-corrected chi connectivity index (χ3v) is 6.45. The number of hydrogen-bond acceptors (Lipinski definition) is 7. The maximum absolute atomic E-state index is 13.5. The number of aromatic hydroxyl groups is 1. The SMILES string of the molecule is O=c1c(C2=NS(O)(O)c3ccccc3N2)c(O)c2cccnc2n1Cc1ccccc1. The molecule has 0 spiro atoms. The van der Waals surface area contributed by atoms with Crippen molar-refractivity contribution in [2.75, 3.05) is 5.32 Å². The Bertz CT molecular complexity index is 1400. The van der Waals surface area contributed by atoms with Gasteiger partial charge < -0.3 is 10.4 Å². The molecule has 3 heterocycles. The van der Waals surface area contributed by atoms with Crippen molar-refractivity contribution in [2.24, 2.45) is 4.40 Å². The molecule has 2 aromatic heterocycles. The van der Waals surface area contributed by atoms with Crippen LogP contribution in [-0.4, -0.2) is 29.6 Å². The summed E-state index contributed by atoms with van der Waals surface area (Å²) in [6, 6.07) is 19.3. The maximum atomic E-state index is 13.5. The number of amidine groups is 1. The number of hydrogen-bond donors (Lipinski definition) is 4. The molecule has 0 amide bonds. The first-order valence-corrected chi connectivity index (χ1v) is 10.9. The van der Waals surface area contributed by atoms with Gasteiger partial charge in [0.25, 0.3) is 5.56 Å². The van der Waals surface area contributed by atoms with Gasteiger partial charge in [0.05, 0.1) is 17.6 Å². The molecule has 0 bridgehead atoms. The van der Waals surface area contributed by atoms with E-state index in [1.54, 1.807) is 42.6 Å². The number of nitrogens with zero attached hydrogens (tertiary/aromatic N) is 3. The molecule has 156 valence electrons. The predicted molar refractivity (Wildman–Crippen MR) is 121 cm³/mol. The Kier molecular flexibility index (Phi) is 4.51. The van der Waals surface area contributed by atoms with Crippen LogP contribution in [-0.2, 0) is 6.54 Å². The van der Waals surface area contributed by atoms with Crippen LogP contribution in [0.5, 0.6) is 5.75 Å². The Balaban J connectivity index is 1.75. The van der Waals surface area contributed by atoms with Crippen LogP contribution >= 0.6 is 10.8 Å². The maximum Gasteiger partial charge on any atom is 0.267 e. The van der Waals surface area contributed by atoms with Gasteiger partial charge in [0.15, 0.2) is 5.84 Å². The molecule has 0 aliphatic carbocycles. The van der Waals surface area contributed by atoms with Gasteiger partial charge >= 0.3 is 0 Å². The van der Waals surface area contributed by atoms with Gasteiger partial charge in [-0.1, -0.05) is 53.2 Å². The summed E-state index contributed by atoms with van der Waals surface area (Å²) in [5.41, 5.74) is 0.911. The van der Waals surface area contributed by atoms with E-state index in [0.29, 0.717) is 16.7 Å². The first-order chi connectivity index (χ1) is 15.0. The largest absolute Gasteiger partial charge is 0.506 e. The summed E-state index contributed by atoms with van der Waals surface area (Å²) < 4.78 is 26.6. The van der Waals surface area contributed by atoms with Crippen molar-refractivity contribution < 1.29 is 14.2 Å². The molecule has 0 saturated heterocycles. The van der Waals surface area contributed by atoms with E-state index in [1.165, 1.54) is 4.57 Å². The summed E-state index contributed by atoms with van der Waals surface area (Å²) in [5.74, 6) is -0.424. The lowest BCUT2D eigenvalue weighted by Gasteiger charge is -2.34. The fourth-order valence-electron chi connectivity index (χ4n) is 3.63. The number of aromatic nitrogens is 2. The van der Waals surface area contributed by atoms with Gasteiger partial charge in [0, 0.05) is 6.20 Å². The normalized spacial score (nSPS) is 15.6. The highest BCUT2D eigenvalue weighted by Crippen LogP contribution is 2.55. The topological polar surface area (TPSA) is 120 Å². The summed E-state index contributed by atoms with van der Waals surface area (Å²) in [6.45, 7) is 0.223. The predicted octanol–water partition coefficient (Wildman–Crippen LogP) is 4.05. The van der Waals surface area contributed by atoms with Gasteiger partial charge in [-0.3, -0.25) is 18.5 Å². The number of nitrogens with one attached hydrogen (secondary N) is 1. The molecule has 0 radical (unpaired) electrons. The molecular weight excluding hydrogens is 416 g/mol. The minimum atomic E-state index is -3.55. The molecule has 2 aromatic carbocycles. The third kappa shape index (κ3) is 3.25. The fraction of sp³-hybridized carbons (Fsp3) is 0.0455. The number of anilines is 1. The van der Waals surface area contributed by atoms with Gasteiger partial charge in [-0.15, -0.1) is 4.40 Å². The standard InChI is InChI=1S/C22H18N4O4S/c27-19-15-9-6-12-23-21(15)26(13-14-7-2-1-3-8-14)22(28)18(19)20-24-16-10-4-5-11-17(16)31(29,30)25-20/h1-12,27,29-30H,13H2,(H,24,25). The van der Waals surface area contributed by atoms with Crippen LogP contribution in [0.2, 0.25) is 0 Å². The molecular formula is C22H18N4O4S. The molecule has 1 aliphatic heterocycles. The first-order valence-electron chi connectivity index (χ1n) is 9.45. The molecule has 0 unspecified atom stereocenters. The smallest absolute Gasteiger partial charge is 0.267 e. The number of benzene rings is 2. The van der Waals surface area contributed by atoms with Crippen LogP contribution in [0.1, 0.15) is 11.1 Å². The molecule has 5 rings (SSSR count). The Morgan fingerprint density at radius 2 is 1.71 bits per heavy atom. The van der Waals surface area contributed by atoms with Gasteiger partial charge in [-0.25, -0.2) is 4.98 Å². The summed E-state index contributed by atoms with van der Waals surface area (Å²) in [7, 11) is -3.55. The van der Waals surface area contributed by atoms with Crippen molar-refractivity contribution in [1.82, 2.24) is 9.55 Å². The third-order valence-electron chi connectivity index (χ3n) is 5.07. The van der Waals surface area contributed by atoms with Crippen LogP contribution in [0.25, 0.3) is 11.0 Å². The second kappa shape index (κ2) is 7.24. The van der Waals surface area contributed by atoms with Crippen LogP contribution in [0.15, 0.2) is 87.0 Å². The van der Waals surface area contributed by atoms with E-state index in [0.717, 1.165) is 5.56 Å². The van der Waals surface area contributed by atoms with E-state index in [4.69, 9.17) is 0 Å². The molecule has 9 heteroatoms. The highest BCUT2D eigenvalue weighted by Gasteiger charge is 2.30. The Morgan fingerprint density at radius 1 is 0.968 bits per heavy atom. The number of para-hydroxylation sites is 1. The molecule has 0 atom stereocenters. The second-order valence-electron chi connectivity index (χ2n) is 7.05. The molecule has 1 aliphatic rings. The molecule has 31 heavy (non-hydrogen) atoms. The van der Waals surface area contributed by atoms with E-state index in [-0.39, 0.29) is 28.6 Å². The average Bonchev–Trinajstić information content (AvgIpc) is 2.77. The van der Waals surface area contributed by atoms with Crippen LogP contribution in [0.3, 0.4) is 0 Å². The van der Waals surface area contributed by atoms with Gasteiger partial charge in [-0.2, -0.15) is 0 Å². The molecule has 0 fully saturated rings. The first kappa shape index (κ1) is 19.3. The van der Waals surface area contributed by atoms with Crippen LogP contribution < -0.4 is 10.9 Å². The molecule has 4 N–H and O–H groups in total. The summed E-state index contributed by atoms with van der Waals surface area (Å²) in [4.78, 5) is 18.0. The van der Waals surface area contributed by atoms with Crippen molar-refractivity contribution >= 4 is 33.3 Å². The van der Waals surface area contributed by atoms with Gasteiger partial charge in [0.1, 0.15) is 21.9 Å². The monoisotopic (exact) mass is 434 g/mol. The van der Waals surface area contributed by atoms with Crippen LogP contribution in [0.4, 0.5) is 5.69 Å². The van der Waals surface area contributed by atoms with E-state index in [1.807, 2.05) is 30.3 Å². The second-order valence-corrected chi connectivity index (χ2v) is 8.71. The highest BCUT2D eigenvalue weighted by molar-refractivity contribution is 8.23. The van der Waals surface area contributed by atoms with Crippen molar-refractivity contribution in [3.05, 3.63) is 94.4 Å². The van der Waals surface area contributed by atoms with E-state index >= 15 is 0 Å². The van der Waals surface area contributed by atoms with Crippen molar-refractivity contribution in [1.29, 1.82) is 0 Å². The molecule has 4 aromatic rings. The minimum absolute atomic E-state index is 0.103. The number of pyridine rings is 2. The number of rotatable bonds is 3. The van der Waals surface area contributed by atoms with E-state index < -0.39 is 16.3 Å². The Hall–Kier alpha value is -3.66. The quantitative estimate of drug-likeness (QED) is 0.386. The average molecular weight is 434 g/mol. The summed E-state index contributed by atoms with van der Waals surface area (Å²) in [5, 5.41) is 14.3. The van der Waals surface area contributed by atoms with Gasteiger partial charge in [-0.05, 0) is 29.8 Å². The summed E-state index contributed by atoms with van der Waals surface area (Å²) >= 11 is 0. The van der Waals surface area contributed by atoms with E-state index in [2.05, 4.69) is 14.7 Å². The summed E-state index contributed by atoms with van der Waals surface area (Å²) in [6.07, 6.45) is 1.55. The van der Waals surface area contributed by atoms with Crippen molar-refractivity contribution in [2.45, 2.75) is 11.4 Å². The van der Waals surface area contributed by atoms with Crippen LogP contribution in [0, 0.1) is 0 Å². The lowest BCUT2D eigenvalue weighted by atomic mass is 10.1. The lowest BCUT2D eigenvalue weighted by Crippen LogP contribution is -2.32.